The van der Waals surface area contributed by atoms with Gasteiger partial charge in [-0.15, -0.1) is 0 Å². The zero-order valence-electron chi connectivity index (χ0n) is 17.9. The highest BCUT2D eigenvalue weighted by Gasteiger charge is 2.51. The molecule has 0 atom stereocenters. The first-order chi connectivity index (χ1) is 14.1. The molecule has 2 N–H and O–H groups in total. The van der Waals surface area contributed by atoms with Gasteiger partial charge in [0.15, 0.2) is 0 Å². The first kappa shape index (κ1) is 20.3. The van der Waals surface area contributed by atoms with Crippen LogP contribution in [0.1, 0.15) is 88.7 Å². The second-order valence-corrected chi connectivity index (χ2v) is 9.49. The normalized spacial score (nSPS) is 21.2. The van der Waals surface area contributed by atoms with Crippen LogP contribution in [0.2, 0.25) is 0 Å². The van der Waals surface area contributed by atoms with Crippen molar-refractivity contribution >= 4 is 0 Å². The van der Waals surface area contributed by atoms with Gasteiger partial charge < -0.3 is 10.2 Å². The number of benzene rings is 2. The number of rotatable bonds is 5. The van der Waals surface area contributed by atoms with Crippen LogP contribution in [0.4, 0.5) is 0 Å². The first-order valence-corrected chi connectivity index (χ1v) is 11.7. The van der Waals surface area contributed by atoms with E-state index in [0.717, 1.165) is 0 Å². The van der Waals surface area contributed by atoms with E-state index < -0.39 is 0 Å². The van der Waals surface area contributed by atoms with E-state index >= 15 is 0 Å². The van der Waals surface area contributed by atoms with Crippen molar-refractivity contribution in [2.45, 2.75) is 88.4 Å². The summed E-state index contributed by atoms with van der Waals surface area (Å²) in [5.41, 5.74) is 3.20. The van der Waals surface area contributed by atoms with Crippen LogP contribution in [-0.2, 0) is 10.8 Å². The lowest BCUT2D eigenvalue weighted by atomic mass is 9.49. The van der Waals surface area contributed by atoms with E-state index in [2.05, 4.69) is 31.2 Å². The van der Waals surface area contributed by atoms with Gasteiger partial charge in [-0.1, -0.05) is 76.1 Å². The molecule has 2 aromatic rings. The summed E-state index contributed by atoms with van der Waals surface area (Å²) in [5.74, 6) is 1.29. The molecule has 29 heavy (non-hydrogen) atoms. The zero-order chi connectivity index (χ0) is 20.3. The molecular weight excluding hydrogens is 356 g/mol. The molecule has 0 unspecified atom stereocenters. The topological polar surface area (TPSA) is 40.5 Å². The largest absolute Gasteiger partial charge is 0.508 e. The highest BCUT2D eigenvalue weighted by atomic mass is 16.3. The Morgan fingerprint density at radius 1 is 0.621 bits per heavy atom. The summed E-state index contributed by atoms with van der Waals surface area (Å²) < 4.78 is 0. The molecule has 2 aliphatic rings. The van der Waals surface area contributed by atoms with Crippen LogP contribution in [0.3, 0.4) is 0 Å². The summed E-state index contributed by atoms with van der Waals surface area (Å²) in [6.45, 7) is 2.39. The van der Waals surface area contributed by atoms with Gasteiger partial charge in [0, 0.05) is 0 Å². The average Bonchev–Trinajstić information content (AvgIpc) is 2.76. The van der Waals surface area contributed by atoms with Gasteiger partial charge in [-0.3, -0.25) is 0 Å². The van der Waals surface area contributed by atoms with Crippen molar-refractivity contribution in [1.82, 2.24) is 0 Å². The molecule has 0 radical (unpaired) electrons. The van der Waals surface area contributed by atoms with E-state index in [1.165, 1.54) is 81.8 Å². The highest BCUT2D eigenvalue weighted by molar-refractivity contribution is 5.38. The minimum atomic E-state index is 0.177. The van der Waals surface area contributed by atoms with E-state index in [9.17, 15) is 10.2 Å². The van der Waals surface area contributed by atoms with E-state index in [1.807, 2.05) is 24.3 Å². The van der Waals surface area contributed by atoms with Crippen molar-refractivity contribution in [2.75, 3.05) is 0 Å². The Morgan fingerprint density at radius 3 is 1.28 bits per heavy atom. The fraction of sp³-hybridized carbons (Fsp3) is 0.556. The number of phenolic OH excluding ortho intramolecular Hbond substituents is 2. The molecule has 0 saturated heterocycles. The predicted octanol–water partition coefficient (Wildman–Crippen LogP) is 7.23. The molecule has 2 fully saturated rings. The van der Waals surface area contributed by atoms with Crippen molar-refractivity contribution in [3.63, 3.8) is 0 Å². The minimum absolute atomic E-state index is 0.177. The van der Waals surface area contributed by atoms with Crippen LogP contribution < -0.4 is 0 Å². The van der Waals surface area contributed by atoms with Gasteiger partial charge in [0.2, 0.25) is 0 Å². The summed E-state index contributed by atoms with van der Waals surface area (Å²) >= 11 is 0. The Hall–Kier alpha value is -1.96. The van der Waals surface area contributed by atoms with Gasteiger partial charge in [-0.25, -0.2) is 0 Å². The standard InChI is InChI=1S/C27H36O2/c1-2-25(26(17-5-3-6-18-26)21-9-13-23(28)14-10-21)27(19-7-4-8-20-27)22-11-15-24(29)16-12-22/h9-16,25,28-29H,2-8,17-20H2,1H3. The molecule has 0 aromatic heterocycles. The Morgan fingerprint density at radius 2 is 0.966 bits per heavy atom. The first-order valence-electron chi connectivity index (χ1n) is 11.7. The maximum atomic E-state index is 9.91. The summed E-state index contributed by atoms with van der Waals surface area (Å²) in [6, 6.07) is 16.3. The second-order valence-electron chi connectivity index (χ2n) is 9.49. The molecule has 0 aliphatic heterocycles. The lowest BCUT2D eigenvalue weighted by Crippen LogP contribution is -2.50. The Kier molecular flexibility index (Phi) is 5.90. The van der Waals surface area contributed by atoms with Gasteiger partial charge in [-0.2, -0.15) is 0 Å². The van der Waals surface area contributed by atoms with Crippen LogP contribution in [0.15, 0.2) is 48.5 Å². The van der Waals surface area contributed by atoms with E-state index in [4.69, 9.17) is 0 Å². The summed E-state index contributed by atoms with van der Waals surface area (Å²) in [6.07, 6.45) is 14.0. The summed E-state index contributed by atoms with van der Waals surface area (Å²) in [7, 11) is 0. The molecule has 4 rings (SSSR count). The van der Waals surface area contributed by atoms with E-state index in [1.54, 1.807) is 0 Å². The smallest absolute Gasteiger partial charge is 0.115 e. The Labute approximate surface area is 176 Å². The lowest BCUT2D eigenvalue weighted by molar-refractivity contribution is 0.0711. The van der Waals surface area contributed by atoms with Crippen molar-refractivity contribution < 1.29 is 10.2 Å². The quantitative estimate of drug-likeness (QED) is 0.563. The van der Waals surface area contributed by atoms with Crippen LogP contribution >= 0.6 is 0 Å². The van der Waals surface area contributed by atoms with Gasteiger partial charge >= 0.3 is 0 Å². The molecule has 2 aromatic carbocycles. The van der Waals surface area contributed by atoms with Crippen LogP contribution in [-0.4, -0.2) is 10.2 Å². The van der Waals surface area contributed by atoms with Gasteiger partial charge in [0.25, 0.3) is 0 Å². The third-order valence-electron chi connectivity index (χ3n) is 8.12. The maximum Gasteiger partial charge on any atom is 0.115 e. The molecule has 2 heteroatoms. The molecule has 0 heterocycles. The SMILES string of the molecule is CCC(C1(c2ccc(O)cc2)CCCCC1)C1(c2ccc(O)cc2)CCCCC1. The molecule has 0 bridgehead atoms. The Balaban J connectivity index is 1.85. The minimum Gasteiger partial charge on any atom is -0.508 e. The fourth-order valence-corrected chi connectivity index (χ4v) is 6.94. The van der Waals surface area contributed by atoms with Gasteiger partial charge in [0.1, 0.15) is 11.5 Å². The Bertz CT molecular complexity index is 711. The molecule has 2 saturated carbocycles. The monoisotopic (exact) mass is 392 g/mol. The second kappa shape index (κ2) is 8.42. The lowest BCUT2D eigenvalue weighted by Gasteiger charge is -2.55. The van der Waals surface area contributed by atoms with E-state index in [-0.39, 0.29) is 10.8 Å². The van der Waals surface area contributed by atoms with Crippen molar-refractivity contribution in [2.24, 2.45) is 5.92 Å². The molecule has 2 nitrogen and oxygen atoms in total. The van der Waals surface area contributed by atoms with Gasteiger partial charge in [-0.05, 0) is 77.8 Å². The molecule has 156 valence electrons. The number of hydrogen-bond acceptors (Lipinski definition) is 2. The molecule has 0 spiro atoms. The van der Waals surface area contributed by atoms with E-state index in [0.29, 0.717) is 17.4 Å². The number of hydrogen-bond donors (Lipinski definition) is 2. The number of aromatic hydroxyl groups is 2. The van der Waals surface area contributed by atoms with Crippen molar-refractivity contribution in [1.29, 1.82) is 0 Å². The van der Waals surface area contributed by atoms with Crippen LogP contribution in [0.25, 0.3) is 0 Å². The average molecular weight is 393 g/mol. The molecule has 2 aliphatic carbocycles. The van der Waals surface area contributed by atoms with Gasteiger partial charge in [0.05, 0.1) is 0 Å². The summed E-state index contributed by atoms with van der Waals surface area (Å²) in [4.78, 5) is 0. The maximum absolute atomic E-state index is 9.91. The summed E-state index contributed by atoms with van der Waals surface area (Å²) in [5, 5.41) is 19.8. The van der Waals surface area contributed by atoms with Crippen molar-refractivity contribution in [3.05, 3.63) is 59.7 Å². The predicted molar refractivity (Wildman–Crippen MR) is 120 cm³/mol. The third kappa shape index (κ3) is 3.67. The zero-order valence-corrected chi connectivity index (χ0v) is 17.9. The highest BCUT2D eigenvalue weighted by Crippen LogP contribution is 2.58. The number of phenols is 2. The van der Waals surface area contributed by atoms with Crippen molar-refractivity contribution in [3.8, 4) is 11.5 Å². The fourth-order valence-electron chi connectivity index (χ4n) is 6.94. The third-order valence-corrected chi connectivity index (χ3v) is 8.12. The van der Waals surface area contributed by atoms with Crippen LogP contribution in [0.5, 0.6) is 11.5 Å². The molecular formula is C27H36O2. The molecule has 0 amide bonds. The van der Waals surface area contributed by atoms with Crippen LogP contribution in [0, 0.1) is 5.92 Å².